The maximum atomic E-state index is 13.5. The number of thiazole rings is 1. The second kappa shape index (κ2) is 11.1. The lowest BCUT2D eigenvalue weighted by atomic mass is 10.1. The van der Waals surface area contributed by atoms with Crippen molar-refractivity contribution in [3.63, 3.8) is 0 Å². The monoisotopic (exact) mass is 590 g/mol. The first-order valence-corrected chi connectivity index (χ1v) is 15.3. The van der Waals surface area contributed by atoms with Crippen molar-refractivity contribution in [3.8, 4) is 0 Å². The Bertz CT molecular complexity index is 1660. The van der Waals surface area contributed by atoms with Crippen LogP contribution in [0.15, 0.2) is 88.1 Å². The Balaban J connectivity index is 1.56. The third-order valence-corrected chi connectivity index (χ3v) is 9.78. The smallest absolute Gasteiger partial charge is 0.264 e. The SMILES string of the molecule is Cc1ccc(N(CC(=O)Nc2ccc(S(=O)(=O)Nc3nccs3)cc2)S(=O)(=O)c2ccc(Cl)cc2)cc1C. The van der Waals surface area contributed by atoms with Gasteiger partial charge in [-0.3, -0.25) is 13.8 Å². The van der Waals surface area contributed by atoms with Crippen molar-refractivity contribution in [2.75, 3.05) is 20.9 Å². The predicted octanol–water partition coefficient (Wildman–Crippen LogP) is 5.05. The minimum absolute atomic E-state index is 0.0183. The van der Waals surface area contributed by atoms with Crippen molar-refractivity contribution in [2.24, 2.45) is 0 Å². The molecule has 0 radical (unpaired) electrons. The average Bonchev–Trinajstić information content (AvgIpc) is 3.37. The van der Waals surface area contributed by atoms with Gasteiger partial charge in [-0.2, -0.15) is 0 Å². The van der Waals surface area contributed by atoms with Gasteiger partial charge in [0.15, 0.2) is 5.13 Å². The van der Waals surface area contributed by atoms with Crippen LogP contribution >= 0.6 is 22.9 Å². The van der Waals surface area contributed by atoms with E-state index in [-0.39, 0.29) is 14.9 Å². The van der Waals surface area contributed by atoms with Gasteiger partial charge in [0.05, 0.1) is 15.5 Å². The van der Waals surface area contributed by atoms with Crippen LogP contribution in [-0.4, -0.2) is 34.3 Å². The number of sulfonamides is 2. The first kappa shape index (κ1) is 27.6. The Kier molecular flexibility index (Phi) is 8.07. The highest BCUT2D eigenvalue weighted by Crippen LogP contribution is 2.27. The molecule has 0 bridgehead atoms. The quantitative estimate of drug-likeness (QED) is 0.281. The largest absolute Gasteiger partial charge is 0.325 e. The molecule has 0 unspecified atom stereocenters. The molecular weight excluding hydrogens is 568 g/mol. The summed E-state index contributed by atoms with van der Waals surface area (Å²) in [5, 5.41) is 4.89. The first-order valence-electron chi connectivity index (χ1n) is 11.1. The van der Waals surface area contributed by atoms with Gasteiger partial charge in [-0.15, -0.1) is 11.3 Å². The fourth-order valence-corrected chi connectivity index (χ4v) is 6.75. The van der Waals surface area contributed by atoms with Crippen LogP contribution in [0.2, 0.25) is 5.02 Å². The molecule has 1 amide bonds. The summed E-state index contributed by atoms with van der Waals surface area (Å²) < 4.78 is 55.6. The number of hydrogen-bond donors (Lipinski definition) is 2. The fourth-order valence-electron chi connectivity index (χ4n) is 3.43. The minimum atomic E-state index is -4.12. The summed E-state index contributed by atoms with van der Waals surface area (Å²) in [4.78, 5) is 16.9. The van der Waals surface area contributed by atoms with E-state index in [1.165, 1.54) is 54.7 Å². The Labute approximate surface area is 230 Å². The molecule has 13 heteroatoms. The predicted molar refractivity (Wildman–Crippen MR) is 150 cm³/mol. The Morgan fingerprint density at radius 2 is 1.58 bits per heavy atom. The number of benzene rings is 3. The van der Waals surface area contributed by atoms with Crippen LogP contribution in [0.5, 0.6) is 0 Å². The number of halogens is 1. The number of hydrogen-bond acceptors (Lipinski definition) is 7. The van der Waals surface area contributed by atoms with Crippen LogP contribution in [-0.2, 0) is 24.8 Å². The minimum Gasteiger partial charge on any atom is -0.325 e. The summed E-state index contributed by atoms with van der Waals surface area (Å²) in [7, 11) is -7.97. The second-order valence-corrected chi connectivity index (χ2v) is 13.1. The second-order valence-electron chi connectivity index (χ2n) is 8.25. The number of carbonyl (C=O) groups is 1. The molecule has 0 aliphatic heterocycles. The van der Waals surface area contributed by atoms with Gasteiger partial charge in [0.1, 0.15) is 6.54 Å². The number of aryl methyl sites for hydroxylation is 2. The van der Waals surface area contributed by atoms with E-state index in [1.54, 1.807) is 23.6 Å². The van der Waals surface area contributed by atoms with Crippen LogP contribution in [0.3, 0.4) is 0 Å². The number of amides is 1. The van der Waals surface area contributed by atoms with Gasteiger partial charge in [0.2, 0.25) is 5.91 Å². The van der Waals surface area contributed by atoms with Crippen molar-refractivity contribution in [3.05, 3.63) is 94.5 Å². The van der Waals surface area contributed by atoms with Crippen LogP contribution in [0.1, 0.15) is 11.1 Å². The summed E-state index contributed by atoms with van der Waals surface area (Å²) in [5.41, 5.74) is 2.46. The molecule has 0 aliphatic carbocycles. The van der Waals surface area contributed by atoms with Gasteiger partial charge < -0.3 is 5.32 Å². The maximum Gasteiger partial charge on any atom is 0.264 e. The van der Waals surface area contributed by atoms with E-state index in [0.717, 1.165) is 26.8 Å². The van der Waals surface area contributed by atoms with Crippen LogP contribution < -0.4 is 14.3 Å². The molecule has 4 aromatic rings. The Morgan fingerprint density at radius 3 is 2.18 bits per heavy atom. The fraction of sp³-hybridized carbons (Fsp3) is 0.120. The Hall–Kier alpha value is -3.45. The Morgan fingerprint density at radius 1 is 0.921 bits per heavy atom. The lowest BCUT2D eigenvalue weighted by Crippen LogP contribution is -2.38. The zero-order chi connectivity index (χ0) is 27.5. The zero-order valence-corrected chi connectivity index (χ0v) is 23.5. The standard InChI is InChI=1S/C25H23ClN4O5S3/c1-17-3-8-21(15-18(17)2)30(38(34,35)23-9-4-19(26)5-10-23)16-24(31)28-20-6-11-22(12-7-20)37(32,33)29-25-27-13-14-36-25/h3-15H,16H2,1-2H3,(H,27,29)(H,28,31). The molecule has 0 fully saturated rings. The highest BCUT2D eigenvalue weighted by atomic mass is 35.5. The molecule has 3 aromatic carbocycles. The van der Waals surface area contributed by atoms with E-state index in [1.807, 2.05) is 13.8 Å². The van der Waals surface area contributed by atoms with E-state index < -0.39 is 32.5 Å². The van der Waals surface area contributed by atoms with E-state index in [9.17, 15) is 21.6 Å². The summed E-state index contributed by atoms with van der Waals surface area (Å²) in [6, 6.07) is 16.3. The summed E-state index contributed by atoms with van der Waals surface area (Å²) >= 11 is 7.07. The molecular formula is C25H23ClN4O5S3. The lowest BCUT2D eigenvalue weighted by molar-refractivity contribution is -0.114. The van der Waals surface area contributed by atoms with Gasteiger partial charge in [0, 0.05) is 22.3 Å². The van der Waals surface area contributed by atoms with Gasteiger partial charge >= 0.3 is 0 Å². The highest BCUT2D eigenvalue weighted by molar-refractivity contribution is 7.93. The molecule has 0 spiro atoms. The van der Waals surface area contributed by atoms with E-state index in [0.29, 0.717) is 16.4 Å². The van der Waals surface area contributed by atoms with E-state index in [4.69, 9.17) is 11.6 Å². The van der Waals surface area contributed by atoms with Crippen LogP contribution in [0, 0.1) is 13.8 Å². The molecule has 198 valence electrons. The molecule has 1 aromatic heterocycles. The number of nitrogens with zero attached hydrogens (tertiary/aromatic N) is 2. The molecule has 4 rings (SSSR count). The number of anilines is 3. The third-order valence-electron chi connectivity index (χ3n) is 5.57. The summed E-state index contributed by atoms with van der Waals surface area (Å²) in [5.74, 6) is -0.614. The summed E-state index contributed by atoms with van der Waals surface area (Å²) in [6.45, 7) is 3.24. The summed E-state index contributed by atoms with van der Waals surface area (Å²) in [6.07, 6.45) is 1.48. The normalized spacial score (nSPS) is 11.7. The number of rotatable bonds is 9. The van der Waals surface area contributed by atoms with Crippen molar-refractivity contribution in [2.45, 2.75) is 23.6 Å². The molecule has 38 heavy (non-hydrogen) atoms. The van der Waals surface area contributed by atoms with Crippen molar-refractivity contribution < 1.29 is 21.6 Å². The van der Waals surface area contributed by atoms with E-state index in [2.05, 4.69) is 15.0 Å². The number of carbonyl (C=O) groups excluding carboxylic acids is 1. The van der Waals surface area contributed by atoms with Gasteiger partial charge in [-0.1, -0.05) is 17.7 Å². The molecule has 0 aliphatic rings. The molecule has 0 saturated carbocycles. The molecule has 2 N–H and O–H groups in total. The highest BCUT2D eigenvalue weighted by Gasteiger charge is 2.27. The van der Waals surface area contributed by atoms with Gasteiger partial charge in [-0.25, -0.2) is 21.8 Å². The third kappa shape index (κ3) is 6.33. The van der Waals surface area contributed by atoms with Crippen LogP contribution in [0.25, 0.3) is 0 Å². The van der Waals surface area contributed by atoms with Gasteiger partial charge in [0.25, 0.3) is 20.0 Å². The number of nitrogens with one attached hydrogen (secondary N) is 2. The van der Waals surface area contributed by atoms with Crippen molar-refractivity contribution >= 4 is 65.4 Å². The maximum absolute atomic E-state index is 13.5. The number of aromatic nitrogens is 1. The molecule has 1 heterocycles. The molecule has 0 saturated heterocycles. The lowest BCUT2D eigenvalue weighted by Gasteiger charge is -2.25. The molecule has 9 nitrogen and oxygen atoms in total. The van der Waals surface area contributed by atoms with Crippen molar-refractivity contribution in [1.82, 2.24) is 4.98 Å². The zero-order valence-electron chi connectivity index (χ0n) is 20.3. The molecule has 0 atom stereocenters. The first-order chi connectivity index (χ1) is 18.0. The average molecular weight is 591 g/mol. The van der Waals surface area contributed by atoms with Crippen molar-refractivity contribution in [1.29, 1.82) is 0 Å². The van der Waals surface area contributed by atoms with E-state index >= 15 is 0 Å². The topological polar surface area (TPSA) is 126 Å². The van der Waals surface area contributed by atoms with Crippen LogP contribution in [0.4, 0.5) is 16.5 Å². The van der Waals surface area contributed by atoms with Gasteiger partial charge in [-0.05, 0) is 85.6 Å².